The van der Waals surface area contributed by atoms with Crippen molar-refractivity contribution < 1.29 is 4.79 Å². The summed E-state index contributed by atoms with van der Waals surface area (Å²) in [4.78, 5) is 18.8. The minimum atomic E-state index is -0.193. The van der Waals surface area contributed by atoms with Gasteiger partial charge in [0.2, 0.25) is 0 Å². The third-order valence-corrected chi connectivity index (χ3v) is 5.74. The average molecular weight is 366 g/mol. The number of hydrogen-bond donors (Lipinski definition) is 2. The Balaban J connectivity index is 1.55. The fraction of sp³-hybridized carbons (Fsp3) is 0.0556. The predicted molar refractivity (Wildman–Crippen MR) is 102 cm³/mol. The first-order valence-electron chi connectivity index (χ1n) is 7.64. The fourth-order valence-corrected chi connectivity index (χ4v) is 4.09. The van der Waals surface area contributed by atoms with Crippen molar-refractivity contribution in [3.05, 3.63) is 64.5 Å². The highest BCUT2D eigenvalue weighted by atomic mass is 32.1. The number of carbonyl (C=O) groups excluding carboxylic acids is 1. The third-order valence-electron chi connectivity index (χ3n) is 3.63. The normalized spacial score (nSPS) is 10.8. The highest BCUT2D eigenvalue weighted by molar-refractivity contribution is 7.17. The summed E-state index contributed by atoms with van der Waals surface area (Å²) in [5.74, 6) is 0.309. The van der Waals surface area contributed by atoms with Crippen LogP contribution in [0.4, 0.5) is 5.82 Å². The maximum Gasteiger partial charge on any atom is 0.268 e. The topological polar surface area (TPSA) is 70.7 Å². The lowest BCUT2D eigenvalue weighted by molar-refractivity contribution is 0.102. The molecule has 4 rings (SSSR count). The Morgan fingerprint density at radius 2 is 2.00 bits per heavy atom. The molecule has 4 aromatic rings. The second-order valence-corrected chi connectivity index (χ2v) is 7.34. The van der Waals surface area contributed by atoms with E-state index in [0.717, 1.165) is 26.8 Å². The van der Waals surface area contributed by atoms with Gasteiger partial charge in [0.15, 0.2) is 5.82 Å². The van der Waals surface area contributed by atoms with Crippen LogP contribution in [-0.2, 0) is 0 Å². The summed E-state index contributed by atoms with van der Waals surface area (Å²) in [6.07, 6.45) is 0. The second kappa shape index (κ2) is 6.62. The minimum absolute atomic E-state index is 0.193. The van der Waals surface area contributed by atoms with Gasteiger partial charge in [0.05, 0.1) is 16.3 Å². The number of hydrogen-bond acceptors (Lipinski definition) is 5. The molecule has 3 heterocycles. The molecule has 0 aliphatic rings. The maximum absolute atomic E-state index is 12.6. The van der Waals surface area contributed by atoms with Crippen molar-refractivity contribution in [2.45, 2.75) is 6.92 Å². The number of thiazole rings is 1. The summed E-state index contributed by atoms with van der Waals surface area (Å²) in [6, 6.07) is 15.7. The molecule has 7 heteroatoms. The summed E-state index contributed by atoms with van der Waals surface area (Å²) in [5.41, 5.74) is 2.61. The van der Waals surface area contributed by atoms with Crippen LogP contribution in [0.2, 0.25) is 0 Å². The molecule has 0 saturated carbocycles. The van der Waals surface area contributed by atoms with Crippen molar-refractivity contribution in [2.24, 2.45) is 0 Å². The SMILES string of the molecule is Cc1nc(-c2ccccc2)sc1C(=O)Nc1cc(-c2cccs2)[nH]n1. The van der Waals surface area contributed by atoms with Gasteiger partial charge in [-0.1, -0.05) is 36.4 Å². The van der Waals surface area contributed by atoms with E-state index in [4.69, 9.17) is 0 Å². The Hall–Kier alpha value is -2.77. The largest absolute Gasteiger partial charge is 0.304 e. The van der Waals surface area contributed by atoms with E-state index in [1.54, 1.807) is 11.3 Å². The highest BCUT2D eigenvalue weighted by Gasteiger charge is 2.17. The van der Waals surface area contributed by atoms with Gasteiger partial charge in [-0.25, -0.2) is 4.98 Å². The van der Waals surface area contributed by atoms with Crippen molar-refractivity contribution in [2.75, 3.05) is 5.32 Å². The number of rotatable bonds is 4. The molecule has 0 bridgehead atoms. The molecule has 1 amide bonds. The van der Waals surface area contributed by atoms with E-state index in [9.17, 15) is 4.79 Å². The van der Waals surface area contributed by atoms with Gasteiger partial charge in [-0.2, -0.15) is 5.10 Å². The van der Waals surface area contributed by atoms with Crippen molar-refractivity contribution in [1.82, 2.24) is 15.2 Å². The van der Waals surface area contributed by atoms with Gasteiger partial charge in [0.1, 0.15) is 9.88 Å². The van der Waals surface area contributed by atoms with E-state index in [2.05, 4.69) is 20.5 Å². The van der Waals surface area contributed by atoms with E-state index in [0.29, 0.717) is 10.7 Å². The Bertz CT molecular complexity index is 1000. The van der Waals surface area contributed by atoms with E-state index < -0.39 is 0 Å². The molecule has 0 aliphatic carbocycles. The molecule has 2 N–H and O–H groups in total. The van der Waals surface area contributed by atoms with Crippen LogP contribution in [0.3, 0.4) is 0 Å². The molecule has 0 saturated heterocycles. The zero-order valence-electron chi connectivity index (χ0n) is 13.3. The first-order valence-corrected chi connectivity index (χ1v) is 9.34. The van der Waals surface area contributed by atoms with E-state index in [-0.39, 0.29) is 5.91 Å². The Morgan fingerprint density at radius 3 is 2.76 bits per heavy atom. The van der Waals surface area contributed by atoms with Crippen molar-refractivity contribution in [3.63, 3.8) is 0 Å². The van der Waals surface area contributed by atoms with Crippen LogP contribution in [-0.4, -0.2) is 21.1 Å². The lowest BCUT2D eigenvalue weighted by Gasteiger charge is -1.98. The second-order valence-electron chi connectivity index (χ2n) is 5.40. The van der Waals surface area contributed by atoms with Gasteiger partial charge in [0, 0.05) is 11.6 Å². The number of anilines is 1. The molecule has 0 unspecified atom stereocenters. The Kier molecular flexibility index (Phi) is 4.17. The molecule has 25 heavy (non-hydrogen) atoms. The lowest BCUT2D eigenvalue weighted by Crippen LogP contribution is -2.11. The van der Waals surface area contributed by atoms with Crippen molar-refractivity contribution in [1.29, 1.82) is 0 Å². The Morgan fingerprint density at radius 1 is 1.16 bits per heavy atom. The van der Waals surface area contributed by atoms with Crippen LogP contribution >= 0.6 is 22.7 Å². The molecule has 0 spiro atoms. The van der Waals surface area contributed by atoms with Crippen LogP contribution in [0.1, 0.15) is 15.4 Å². The number of aromatic amines is 1. The quantitative estimate of drug-likeness (QED) is 0.544. The standard InChI is InChI=1S/C18H14N4OS2/c1-11-16(25-18(19-11)12-6-3-2-4-7-12)17(23)20-15-10-13(21-22-15)14-8-5-9-24-14/h2-10H,1H3,(H2,20,21,22,23). The smallest absolute Gasteiger partial charge is 0.268 e. The van der Waals surface area contributed by atoms with Crippen LogP contribution < -0.4 is 5.32 Å². The van der Waals surface area contributed by atoms with Crippen molar-refractivity contribution >= 4 is 34.4 Å². The number of nitrogens with one attached hydrogen (secondary N) is 2. The van der Waals surface area contributed by atoms with Gasteiger partial charge < -0.3 is 5.32 Å². The van der Waals surface area contributed by atoms with Gasteiger partial charge in [0.25, 0.3) is 5.91 Å². The summed E-state index contributed by atoms with van der Waals surface area (Å²) < 4.78 is 0. The third kappa shape index (κ3) is 3.24. The van der Waals surface area contributed by atoms with E-state index in [1.807, 2.05) is 60.8 Å². The van der Waals surface area contributed by atoms with Gasteiger partial charge in [-0.3, -0.25) is 9.89 Å². The van der Waals surface area contributed by atoms with E-state index in [1.165, 1.54) is 11.3 Å². The number of amides is 1. The first kappa shape index (κ1) is 15.7. The molecule has 0 atom stereocenters. The van der Waals surface area contributed by atoms with Gasteiger partial charge in [-0.05, 0) is 18.4 Å². The molecular formula is C18H14N4OS2. The fourth-order valence-electron chi connectivity index (χ4n) is 2.43. The van der Waals surface area contributed by atoms with Crippen LogP contribution in [0.5, 0.6) is 0 Å². The summed E-state index contributed by atoms with van der Waals surface area (Å²) in [5, 5.41) is 12.8. The van der Waals surface area contributed by atoms with Crippen LogP contribution in [0, 0.1) is 6.92 Å². The molecular weight excluding hydrogens is 352 g/mol. The van der Waals surface area contributed by atoms with E-state index >= 15 is 0 Å². The molecule has 0 fully saturated rings. The minimum Gasteiger partial charge on any atom is -0.304 e. The number of benzene rings is 1. The monoisotopic (exact) mass is 366 g/mol. The molecule has 124 valence electrons. The lowest BCUT2D eigenvalue weighted by atomic mass is 10.2. The summed E-state index contributed by atoms with van der Waals surface area (Å²) in [6.45, 7) is 1.85. The number of nitrogens with zero attached hydrogens (tertiary/aromatic N) is 2. The molecule has 5 nitrogen and oxygen atoms in total. The number of H-pyrrole nitrogens is 1. The summed E-state index contributed by atoms with van der Waals surface area (Å²) >= 11 is 3.00. The average Bonchev–Trinajstić information content (AvgIpc) is 3.35. The van der Waals surface area contributed by atoms with Crippen LogP contribution in [0.15, 0.2) is 53.9 Å². The highest BCUT2D eigenvalue weighted by Crippen LogP contribution is 2.29. The molecule has 0 aliphatic heterocycles. The van der Waals surface area contributed by atoms with Gasteiger partial charge >= 0.3 is 0 Å². The molecule has 3 aromatic heterocycles. The molecule has 1 aromatic carbocycles. The zero-order valence-corrected chi connectivity index (χ0v) is 14.9. The predicted octanol–water partition coefficient (Wildman–Crippen LogP) is 4.82. The number of carbonyl (C=O) groups is 1. The Labute approximate surface area is 152 Å². The number of aromatic nitrogens is 3. The number of thiophene rings is 1. The zero-order chi connectivity index (χ0) is 17.2. The molecule has 0 radical (unpaired) electrons. The first-order chi connectivity index (χ1) is 12.2. The maximum atomic E-state index is 12.6. The number of aryl methyl sites for hydroxylation is 1. The van der Waals surface area contributed by atoms with Gasteiger partial charge in [-0.15, -0.1) is 22.7 Å². The summed E-state index contributed by atoms with van der Waals surface area (Å²) in [7, 11) is 0. The van der Waals surface area contributed by atoms with Crippen molar-refractivity contribution in [3.8, 4) is 21.1 Å². The van der Waals surface area contributed by atoms with Crippen LogP contribution in [0.25, 0.3) is 21.1 Å².